The quantitative estimate of drug-likeness (QED) is 0.788. The van der Waals surface area contributed by atoms with Crippen molar-refractivity contribution in [3.63, 3.8) is 0 Å². The van der Waals surface area contributed by atoms with E-state index in [0.717, 1.165) is 0 Å². The Morgan fingerprint density at radius 1 is 1.33 bits per heavy atom. The first-order valence-corrected chi connectivity index (χ1v) is 6.69. The van der Waals surface area contributed by atoms with E-state index < -0.39 is 21.1 Å². The van der Waals surface area contributed by atoms with Gasteiger partial charge >= 0.3 is 5.97 Å². The van der Waals surface area contributed by atoms with Gasteiger partial charge in [-0.2, -0.15) is 0 Å². The zero-order valence-electron chi connectivity index (χ0n) is 9.78. The molecule has 5 heteroatoms. The predicted octanol–water partition coefficient (Wildman–Crippen LogP) is 1.70. The van der Waals surface area contributed by atoms with Crippen LogP contribution in [-0.2, 0) is 14.6 Å². The van der Waals surface area contributed by atoms with Crippen LogP contribution in [0.4, 0.5) is 0 Å². The van der Waals surface area contributed by atoms with E-state index in [0.29, 0.717) is 6.42 Å². The summed E-state index contributed by atoms with van der Waals surface area (Å²) in [6.45, 7) is 7.34. The molecule has 0 aliphatic carbocycles. The first-order chi connectivity index (χ1) is 6.54. The van der Waals surface area contributed by atoms with Crippen LogP contribution >= 0.6 is 0 Å². The standard InChI is InChI=1S/C10H20O4S/c1-8(7-9(11)12)15(13,14)6-5-10(2,3)4/h8H,5-7H2,1-4H3,(H,11,12). The van der Waals surface area contributed by atoms with Crippen molar-refractivity contribution in [1.29, 1.82) is 0 Å². The zero-order chi connectivity index (χ0) is 12.3. The average Bonchev–Trinajstić information content (AvgIpc) is 1.98. The van der Waals surface area contributed by atoms with E-state index in [1.54, 1.807) is 0 Å². The van der Waals surface area contributed by atoms with E-state index in [1.807, 2.05) is 20.8 Å². The fraction of sp³-hybridized carbons (Fsp3) is 0.900. The van der Waals surface area contributed by atoms with E-state index in [9.17, 15) is 13.2 Å². The fourth-order valence-electron chi connectivity index (χ4n) is 1.02. The molecule has 0 heterocycles. The molecule has 0 saturated carbocycles. The smallest absolute Gasteiger partial charge is 0.304 e. The minimum atomic E-state index is -3.27. The van der Waals surface area contributed by atoms with Gasteiger partial charge in [-0.1, -0.05) is 20.8 Å². The maximum absolute atomic E-state index is 11.6. The third-order valence-electron chi connectivity index (χ3n) is 2.21. The molecule has 0 aliphatic heterocycles. The number of carboxylic acids is 1. The summed E-state index contributed by atoms with van der Waals surface area (Å²) >= 11 is 0. The second-order valence-corrected chi connectivity index (χ2v) is 7.62. The van der Waals surface area contributed by atoms with E-state index >= 15 is 0 Å². The minimum absolute atomic E-state index is 0.0456. The molecule has 0 fully saturated rings. The van der Waals surface area contributed by atoms with Gasteiger partial charge in [0, 0.05) is 0 Å². The highest BCUT2D eigenvalue weighted by molar-refractivity contribution is 7.92. The zero-order valence-corrected chi connectivity index (χ0v) is 10.6. The molecule has 15 heavy (non-hydrogen) atoms. The summed E-state index contributed by atoms with van der Waals surface area (Å²) in [6.07, 6.45) is 0.242. The van der Waals surface area contributed by atoms with Crippen LogP contribution in [0.15, 0.2) is 0 Å². The Hall–Kier alpha value is -0.580. The first-order valence-electron chi connectivity index (χ1n) is 4.98. The predicted molar refractivity (Wildman–Crippen MR) is 59.6 cm³/mol. The number of aliphatic carboxylic acids is 1. The Morgan fingerprint density at radius 3 is 2.13 bits per heavy atom. The Bertz CT molecular complexity index is 311. The van der Waals surface area contributed by atoms with Gasteiger partial charge in [-0.05, 0) is 18.8 Å². The Morgan fingerprint density at radius 2 is 1.80 bits per heavy atom. The molecule has 0 aliphatic rings. The molecule has 0 bridgehead atoms. The molecular weight excluding hydrogens is 216 g/mol. The van der Waals surface area contributed by atoms with Crippen molar-refractivity contribution < 1.29 is 18.3 Å². The minimum Gasteiger partial charge on any atom is -0.481 e. The van der Waals surface area contributed by atoms with Crippen LogP contribution in [-0.4, -0.2) is 30.5 Å². The van der Waals surface area contributed by atoms with Gasteiger partial charge in [-0.15, -0.1) is 0 Å². The molecule has 0 aromatic heterocycles. The van der Waals surface area contributed by atoms with Gasteiger partial charge in [0.05, 0.1) is 17.4 Å². The highest BCUT2D eigenvalue weighted by Gasteiger charge is 2.25. The summed E-state index contributed by atoms with van der Waals surface area (Å²) < 4.78 is 23.3. The summed E-state index contributed by atoms with van der Waals surface area (Å²) in [7, 11) is -3.27. The van der Waals surface area contributed by atoms with Crippen molar-refractivity contribution in [2.24, 2.45) is 5.41 Å². The van der Waals surface area contributed by atoms with Crippen LogP contribution in [0.1, 0.15) is 40.5 Å². The van der Waals surface area contributed by atoms with Crippen LogP contribution in [0.25, 0.3) is 0 Å². The molecule has 0 aromatic carbocycles. The van der Waals surface area contributed by atoms with Crippen molar-refractivity contribution in [3.05, 3.63) is 0 Å². The van der Waals surface area contributed by atoms with Crippen molar-refractivity contribution in [3.8, 4) is 0 Å². The molecule has 0 radical (unpaired) electrons. The Labute approximate surface area is 91.6 Å². The summed E-state index contributed by atoms with van der Waals surface area (Å²) in [4.78, 5) is 10.4. The van der Waals surface area contributed by atoms with Crippen LogP contribution < -0.4 is 0 Å². The number of carboxylic acid groups (broad SMARTS) is 1. The van der Waals surface area contributed by atoms with E-state index in [4.69, 9.17) is 5.11 Å². The maximum atomic E-state index is 11.6. The van der Waals surface area contributed by atoms with E-state index in [1.165, 1.54) is 6.92 Å². The molecule has 0 amide bonds. The van der Waals surface area contributed by atoms with E-state index in [-0.39, 0.29) is 17.6 Å². The highest BCUT2D eigenvalue weighted by Crippen LogP contribution is 2.21. The summed E-state index contributed by atoms with van der Waals surface area (Å²) in [6, 6.07) is 0. The topological polar surface area (TPSA) is 71.4 Å². The second kappa shape index (κ2) is 4.96. The SMILES string of the molecule is CC(CC(=O)O)S(=O)(=O)CCC(C)(C)C. The molecule has 90 valence electrons. The average molecular weight is 236 g/mol. The van der Waals surface area contributed by atoms with Crippen LogP contribution in [0.3, 0.4) is 0 Å². The number of hydrogen-bond acceptors (Lipinski definition) is 3. The second-order valence-electron chi connectivity index (χ2n) is 5.09. The number of carbonyl (C=O) groups is 1. The van der Waals surface area contributed by atoms with Gasteiger partial charge in [0.25, 0.3) is 0 Å². The number of hydrogen-bond donors (Lipinski definition) is 1. The monoisotopic (exact) mass is 236 g/mol. The Balaban J connectivity index is 4.37. The molecule has 0 rings (SSSR count). The van der Waals surface area contributed by atoms with Crippen molar-refractivity contribution in [1.82, 2.24) is 0 Å². The molecule has 4 nitrogen and oxygen atoms in total. The fourth-order valence-corrected chi connectivity index (χ4v) is 2.72. The van der Waals surface area contributed by atoms with Crippen molar-refractivity contribution in [2.45, 2.75) is 45.8 Å². The maximum Gasteiger partial charge on any atom is 0.304 e. The number of rotatable bonds is 5. The van der Waals surface area contributed by atoms with Crippen LogP contribution in [0.5, 0.6) is 0 Å². The van der Waals surface area contributed by atoms with Crippen molar-refractivity contribution in [2.75, 3.05) is 5.75 Å². The molecular formula is C10H20O4S. The molecule has 0 saturated heterocycles. The molecule has 0 spiro atoms. The third-order valence-corrected chi connectivity index (χ3v) is 4.38. The molecule has 1 N–H and O–H groups in total. The summed E-state index contributed by atoms with van der Waals surface area (Å²) in [5, 5.41) is 7.72. The Kier molecular flexibility index (Phi) is 4.77. The first kappa shape index (κ1) is 14.4. The van der Waals surface area contributed by atoms with Gasteiger partial charge in [0.15, 0.2) is 9.84 Å². The summed E-state index contributed by atoms with van der Waals surface area (Å²) in [5.41, 5.74) is -0.0456. The third kappa shape index (κ3) is 6.49. The van der Waals surface area contributed by atoms with Crippen molar-refractivity contribution >= 4 is 15.8 Å². The number of sulfone groups is 1. The van der Waals surface area contributed by atoms with E-state index in [2.05, 4.69) is 0 Å². The van der Waals surface area contributed by atoms with Gasteiger partial charge in [0.2, 0.25) is 0 Å². The lowest BCUT2D eigenvalue weighted by Gasteiger charge is -2.19. The molecule has 1 unspecified atom stereocenters. The van der Waals surface area contributed by atoms with Crippen LogP contribution in [0, 0.1) is 5.41 Å². The summed E-state index contributed by atoms with van der Waals surface area (Å²) in [5.74, 6) is -1.01. The molecule has 0 aromatic rings. The van der Waals surface area contributed by atoms with Gasteiger partial charge in [-0.25, -0.2) is 8.42 Å². The largest absolute Gasteiger partial charge is 0.481 e. The van der Waals surface area contributed by atoms with Gasteiger partial charge in [0.1, 0.15) is 0 Å². The highest BCUT2D eigenvalue weighted by atomic mass is 32.2. The lowest BCUT2D eigenvalue weighted by atomic mass is 9.94. The normalized spacial score (nSPS) is 14.9. The molecule has 1 atom stereocenters. The van der Waals surface area contributed by atoms with Gasteiger partial charge in [-0.3, -0.25) is 4.79 Å². The van der Waals surface area contributed by atoms with Crippen LogP contribution in [0.2, 0.25) is 0 Å². The lowest BCUT2D eigenvalue weighted by molar-refractivity contribution is -0.136. The van der Waals surface area contributed by atoms with Gasteiger partial charge < -0.3 is 5.11 Å². The lowest BCUT2D eigenvalue weighted by Crippen LogP contribution is -2.26.